The predicted octanol–water partition coefficient (Wildman–Crippen LogP) is 8.66. The van der Waals surface area contributed by atoms with Crippen LogP contribution in [0.25, 0.3) is 0 Å². The largest absolute Gasteiger partial charge is 0.493 e. The molecule has 56 heavy (non-hydrogen) atoms. The fourth-order valence-electron chi connectivity index (χ4n) is 9.57. The topological polar surface area (TPSA) is 121 Å². The summed E-state index contributed by atoms with van der Waals surface area (Å²) in [6.07, 6.45) is 1.70. The van der Waals surface area contributed by atoms with Crippen molar-refractivity contribution >= 4 is 35.1 Å². The number of halogens is 4. The number of aryl methyl sites for hydroxylation is 1. The van der Waals surface area contributed by atoms with Gasteiger partial charge in [0.05, 0.1) is 20.3 Å². The lowest BCUT2D eigenvalue weighted by Crippen LogP contribution is -2.63. The number of hydrogen-bond acceptors (Lipinski definition) is 7. The van der Waals surface area contributed by atoms with E-state index in [4.69, 9.17) is 31.5 Å². The lowest BCUT2D eigenvalue weighted by atomic mass is 9.59. The normalized spacial score (nSPS) is 24.1. The predicted molar refractivity (Wildman–Crippen MR) is 207 cm³/mol. The number of amides is 2. The van der Waals surface area contributed by atoms with Gasteiger partial charge in [-0.25, -0.2) is 4.79 Å². The zero-order chi connectivity index (χ0) is 40.4. The summed E-state index contributed by atoms with van der Waals surface area (Å²) in [5.41, 5.74) is 7.14. The molecule has 2 N–H and O–H groups in total. The number of benzene rings is 2. The Morgan fingerprint density at radius 3 is 2.43 bits per heavy atom. The van der Waals surface area contributed by atoms with E-state index < -0.39 is 34.9 Å². The van der Waals surface area contributed by atoms with Gasteiger partial charge in [-0.3, -0.25) is 19.5 Å². The number of primary amides is 1. The molecule has 0 aliphatic heterocycles. The summed E-state index contributed by atoms with van der Waals surface area (Å²) in [7, 11) is 1.13. The van der Waals surface area contributed by atoms with Crippen molar-refractivity contribution in [2.75, 3.05) is 25.2 Å². The number of alkyl halides is 3. The number of ether oxygens (including phenoxy) is 3. The molecule has 0 radical (unpaired) electrons. The summed E-state index contributed by atoms with van der Waals surface area (Å²) in [4.78, 5) is 43.9. The van der Waals surface area contributed by atoms with Crippen molar-refractivity contribution in [2.24, 2.45) is 23.5 Å². The van der Waals surface area contributed by atoms with Gasteiger partial charge in [-0.1, -0.05) is 44.5 Å². The molecule has 0 bridgehead atoms. The van der Waals surface area contributed by atoms with E-state index in [0.29, 0.717) is 42.4 Å². The van der Waals surface area contributed by atoms with Crippen LogP contribution in [0.5, 0.6) is 11.5 Å². The molecule has 2 amide bonds. The highest BCUT2D eigenvalue weighted by Gasteiger charge is 2.60. The number of carbonyl (C=O) groups is 3. The number of hydrogen-bond donors (Lipinski definition) is 1. The summed E-state index contributed by atoms with van der Waals surface area (Å²) in [5.74, 6) is -1.65. The van der Waals surface area contributed by atoms with Crippen LogP contribution in [0.1, 0.15) is 100 Å². The van der Waals surface area contributed by atoms with Crippen molar-refractivity contribution in [1.82, 2.24) is 4.98 Å². The van der Waals surface area contributed by atoms with Crippen LogP contribution in [-0.4, -0.2) is 54.8 Å². The number of nitrogens with zero attached hydrogens (tertiary/aromatic N) is 2. The molecule has 4 atom stereocenters. The highest BCUT2D eigenvalue weighted by atomic mass is 35.5. The maximum absolute atomic E-state index is 14.4. The van der Waals surface area contributed by atoms with Crippen molar-refractivity contribution < 1.29 is 41.8 Å². The highest BCUT2D eigenvalue weighted by molar-refractivity contribution is 6.31. The number of aromatic nitrogens is 1. The summed E-state index contributed by atoms with van der Waals surface area (Å²) in [5, 5.41) is 0.121. The first kappa shape index (κ1) is 41.3. The van der Waals surface area contributed by atoms with Gasteiger partial charge in [-0.2, -0.15) is 13.2 Å². The number of anilines is 1. The Balaban J connectivity index is 1.33. The molecule has 1 spiro atoms. The van der Waals surface area contributed by atoms with E-state index in [-0.39, 0.29) is 54.3 Å². The fourth-order valence-corrected chi connectivity index (χ4v) is 9.75. The molecule has 3 aliphatic carbocycles. The zero-order valence-corrected chi connectivity index (χ0v) is 33.2. The number of esters is 1. The first-order valence-electron chi connectivity index (χ1n) is 19.5. The Morgan fingerprint density at radius 2 is 1.75 bits per heavy atom. The Morgan fingerprint density at radius 1 is 1.02 bits per heavy atom. The lowest BCUT2D eigenvalue weighted by molar-refractivity contribution is -0.174. The number of methoxy groups -OCH3 is 1. The maximum atomic E-state index is 14.4. The zero-order valence-electron chi connectivity index (χ0n) is 32.4. The van der Waals surface area contributed by atoms with E-state index in [0.717, 1.165) is 55.4 Å². The van der Waals surface area contributed by atoms with E-state index in [1.165, 1.54) is 29.8 Å². The van der Waals surface area contributed by atoms with Crippen LogP contribution >= 0.6 is 11.6 Å². The van der Waals surface area contributed by atoms with E-state index in [1.807, 2.05) is 31.2 Å². The van der Waals surface area contributed by atoms with Gasteiger partial charge in [0.25, 0.3) is 0 Å². The Hall–Kier alpha value is -4.32. The third kappa shape index (κ3) is 8.36. The molecule has 1 unspecified atom stereocenters. The standard InChI is InChI=1S/C43H51ClF3N3O6/c1-26(25-56-36-13-18-49-35-10-5-7-28(3)38(35)36)19-30-21-29-11-12-33(55-24-27(2)20-37(48)51)23-34(29)41(30)14-16-42(17-15-41,40(53)54-4)50(39(52)43(45,46)47)32-9-6-8-31(44)22-32/h6,8-9,11-13,18,22-23,26-28,30H,5,7,10,14-17,19-21,24-25H2,1-4H3,(H2,48,51)/t26-,27?,28-,30+,41?,42?/m1/s1. The number of fused-ring (bicyclic) bond motifs is 3. The fraction of sp³-hybridized carbons (Fsp3) is 0.535. The van der Waals surface area contributed by atoms with Gasteiger partial charge in [0, 0.05) is 34.6 Å². The van der Waals surface area contributed by atoms with Crippen molar-refractivity contribution in [2.45, 2.75) is 108 Å². The molecule has 1 aromatic heterocycles. The van der Waals surface area contributed by atoms with Crippen molar-refractivity contribution in [1.29, 1.82) is 0 Å². The van der Waals surface area contributed by atoms with Crippen LogP contribution in [-0.2, 0) is 37.4 Å². The van der Waals surface area contributed by atoms with Gasteiger partial charge in [-0.05, 0) is 134 Å². The van der Waals surface area contributed by atoms with Crippen LogP contribution in [0.4, 0.5) is 18.9 Å². The van der Waals surface area contributed by atoms with E-state index in [9.17, 15) is 27.6 Å². The monoisotopic (exact) mass is 797 g/mol. The maximum Gasteiger partial charge on any atom is 0.471 e. The second-order valence-corrected chi connectivity index (χ2v) is 16.7. The molecule has 2 aromatic carbocycles. The van der Waals surface area contributed by atoms with Gasteiger partial charge in [-0.15, -0.1) is 0 Å². The summed E-state index contributed by atoms with van der Waals surface area (Å²) >= 11 is 6.24. The molecule has 13 heteroatoms. The Kier molecular flexibility index (Phi) is 12.3. The van der Waals surface area contributed by atoms with Gasteiger partial charge in [0.2, 0.25) is 5.91 Å². The first-order valence-corrected chi connectivity index (χ1v) is 19.9. The van der Waals surface area contributed by atoms with Crippen LogP contribution < -0.4 is 20.1 Å². The third-order valence-corrected chi connectivity index (χ3v) is 12.4. The molecule has 1 fully saturated rings. The molecule has 0 saturated heterocycles. The molecular weight excluding hydrogens is 747 g/mol. The van der Waals surface area contributed by atoms with Crippen molar-refractivity contribution in [3.63, 3.8) is 0 Å². The van der Waals surface area contributed by atoms with Crippen molar-refractivity contribution in [3.05, 3.63) is 82.1 Å². The van der Waals surface area contributed by atoms with Crippen LogP contribution in [0.3, 0.4) is 0 Å². The number of nitrogens with two attached hydrogens (primary N) is 1. The first-order chi connectivity index (χ1) is 26.6. The third-order valence-electron chi connectivity index (χ3n) is 12.2. The van der Waals surface area contributed by atoms with E-state index in [1.54, 1.807) is 6.20 Å². The van der Waals surface area contributed by atoms with Crippen LogP contribution in [0.15, 0.2) is 54.7 Å². The number of carbonyl (C=O) groups excluding carboxylic acids is 3. The minimum absolute atomic E-state index is 0.0407. The van der Waals surface area contributed by atoms with Gasteiger partial charge in [0.1, 0.15) is 17.0 Å². The van der Waals surface area contributed by atoms with E-state index in [2.05, 4.69) is 18.8 Å². The number of rotatable bonds is 13. The summed E-state index contributed by atoms with van der Waals surface area (Å²) < 4.78 is 61.1. The van der Waals surface area contributed by atoms with Gasteiger partial charge >= 0.3 is 18.1 Å². The molecule has 3 aliphatic rings. The lowest BCUT2D eigenvalue weighted by Gasteiger charge is -2.51. The molecular formula is C43H51ClF3N3O6. The second kappa shape index (κ2) is 16.6. The number of pyridine rings is 1. The highest BCUT2D eigenvalue weighted by Crippen LogP contribution is 2.58. The minimum atomic E-state index is -5.28. The quantitative estimate of drug-likeness (QED) is 0.172. The average molecular weight is 798 g/mol. The summed E-state index contributed by atoms with van der Waals surface area (Å²) in [6.45, 7) is 6.96. The average Bonchev–Trinajstić information content (AvgIpc) is 3.44. The Labute approximate surface area is 331 Å². The minimum Gasteiger partial charge on any atom is -0.493 e. The SMILES string of the molecule is COC(=O)C1(N(C(=O)C(F)(F)F)c2cccc(Cl)c2)CCC2(CC1)c1cc(OCC(C)CC(N)=O)ccc1C[C@@H]2C[C@@H](C)COc1ccnc2c1[C@H](C)CCC2. The Bertz CT molecular complexity index is 1930. The smallest absolute Gasteiger partial charge is 0.471 e. The second-order valence-electron chi connectivity index (χ2n) is 16.2. The molecule has 9 nitrogen and oxygen atoms in total. The van der Waals surface area contributed by atoms with Crippen molar-refractivity contribution in [3.8, 4) is 11.5 Å². The molecule has 1 heterocycles. The molecule has 302 valence electrons. The van der Waals surface area contributed by atoms with Crippen LogP contribution in [0.2, 0.25) is 5.02 Å². The molecule has 3 aromatic rings. The van der Waals surface area contributed by atoms with E-state index >= 15 is 0 Å². The van der Waals surface area contributed by atoms with Gasteiger partial charge in [0.15, 0.2) is 0 Å². The molecule has 6 rings (SSSR count). The molecule has 1 saturated carbocycles. The van der Waals surface area contributed by atoms with Gasteiger partial charge < -0.3 is 19.9 Å². The summed E-state index contributed by atoms with van der Waals surface area (Å²) in [6, 6.07) is 13.4. The van der Waals surface area contributed by atoms with Crippen LogP contribution in [0, 0.1) is 17.8 Å².